The SMILES string of the molecule is Cc1cc(NC(=O)c2ccco2)sc1C(=O)NCc1cccc(OCCN(C)C2CCOCC2)c1. The van der Waals surface area contributed by atoms with Crippen molar-refractivity contribution in [2.75, 3.05) is 38.7 Å². The molecule has 3 heterocycles. The zero-order valence-corrected chi connectivity index (χ0v) is 20.9. The van der Waals surface area contributed by atoms with Crippen molar-refractivity contribution < 1.29 is 23.5 Å². The van der Waals surface area contributed by atoms with Crippen LogP contribution < -0.4 is 15.4 Å². The van der Waals surface area contributed by atoms with Gasteiger partial charge in [0, 0.05) is 32.3 Å². The summed E-state index contributed by atoms with van der Waals surface area (Å²) in [4.78, 5) is 27.8. The molecule has 4 rings (SSSR count). The highest BCUT2D eigenvalue weighted by Gasteiger charge is 2.18. The van der Waals surface area contributed by atoms with Crippen LogP contribution in [0.3, 0.4) is 0 Å². The predicted octanol–water partition coefficient (Wildman–Crippen LogP) is 4.32. The lowest BCUT2D eigenvalue weighted by Gasteiger charge is -2.31. The largest absolute Gasteiger partial charge is 0.492 e. The van der Waals surface area contributed by atoms with Crippen LogP contribution in [0.5, 0.6) is 5.75 Å². The lowest BCUT2D eigenvalue weighted by molar-refractivity contribution is 0.0392. The normalized spacial score (nSPS) is 14.1. The Kier molecular flexibility index (Phi) is 8.57. The summed E-state index contributed by atoms with van der Waals surface area (Å²) in [5.41, 5.74) is 1.75. The van der Waals surface area contributed by atoms with E-state index in [1.165, 1.54) is 17.6 Å². The van der Waals surface area contributed by atoms with Crippen LogP contribution in [-0.2, 0) is 11.3 Å². The second kappa shape index (κ2) is 12.0. The summed E-state index contributed by atoms with van der Waals surface area (Å²) in [6.45, 7) is 5.33. The summed E-state index contributed by atoms with van der Waals surface area (Å²) < 4.78 is 16.5. The molecule has 1 aromatic carbocycles. The molecule has 0 bridgehead atoms. The van der Waals surface area contributed by atoms with Crippen LogP contribution in [0.4, 0.5) is 5.00 Å². The topological polar surface area (TPSA) is 93.0 Å². The Balaban J connectivity index is 1.25. The first-order valence-corrected chi connectivity index (χ1v) is 12.5. The minimum absolute atomic E-state index is 0.185. The van der Waals surface area contributed by atoms with Crippen LogP contribution in [-0.4, -0.2) is 56.2 Å². The number of hydrogen-bond acceptors (Lipinski definition) is 7. The quantitative estimate of drug-likeness (QED) is 0.433. The highest BCUT2D eigenvalue weighted by Crippen LogP contribution is 2.27. The predicted molar refractivity (Wildman–Crippen MR) is 135 cm³/mol. The van der Waals surface area contributed by atoms with Gasteiger partial charge < -0.3 is 24.5 Å². The van der Waals surface area contributed by atoms with E-state index in [9.17, 15) is 9.59 Å². The van der Waals surface area contributed by atoms with Crippen molar-refractivity contribution in [2.24, 2.45) is 0 Å². The molecule has 0 atom stereocenters. The van der Waals surface area contributed by atoms with Crippen LogP contribution in [0, 0.1) is 6.92 Å². The molecule has 0 spiro atoms. The molecule has 1 aliphatic heterocycles. The zero-order valence-electron chi connectivity index (χ0n) is 20.0. The monoisotopic (exact) mass is 497 g/mol. The summed E-state index contributed by atoms with van der Waals surface area (Å²) >= 11 is 1.23. The minimum atomic E-state index is -0.348. The molecule has 1 saturated heterocycles. The third-order valence-corrected chi connectivity index (χ3v) is 7.14. The molecular weight excluding hydrogens is 466 g/mol. The number of benzene rings is 1. The third kappa shape index (κ3) is 6.94. The molecule has 1 aliphatic rings. The van der Waals surface area contributed by atoms with E-state index in [1.807, 2.05) is 31.2 Å². The molecule has 186 valence electrons. The van der Waals surface area contributed by atoms with Gasteiger partial charge in [0.15, 0.2) is 5.76 Å². The van der Waals surface area contributed by atoms with Gasteiger partial charge in [0.25, 0.3) is 11.8 Å². The Labute approximate surface area is 209 Å². The third-order valence-electron chi connectivity index (χ3n) is 5.98. The van der Waals surface area contributed by atoms with Crippen LogP contribution in [0.15, 0.2) is 53.1 Å². The van der Waals surface area contributed by atoms with Gasteiger partial charge in [-0.05, 0) is 68.3 Å². The lowest BCUT2D eigenvalue weighted by atomic mass is 10.1. The van der Waals surface area contributed by atoms with Crippen LogP contribution >= 0.6 is 11.3 Å². The van der Waals surface area contributed by atoms with E-state index in [2.05, 4.69) is 22.6 Å². The Morgan fingerprint density at radius 1 is 1.14 bits per heavy atom. The number of nitrogens with one attached hydrogen (secondary N) is 2. The van der Waals surface area contributed by atoms with Gasteiger partial charge in [-0.15, -0.1) is 11.3 Å². The van der Waals surface area contributed by atoms with Crippen molar-refractivity contribution in [2.45, 2.75) is 32.4 Å². The molecule has 8 nitrogen and oxygen atoms in total. The number of carbonyl (C=O) groups is 2. The smallest absolute Gasteiger partial charge is 0.291 e. The van der Waals surface area contributed by atoms with E-state index in [0.29, 0.717) is 29.1 Å². The number of hydrogen-bond donors (Lipinski definition) is 2. The first kappa shape index (κ1) is 25.0. The van der Waals surface area contributed by atoms with E-state index in [0.717, 1.165) is 49.5 Å². The number of likely N-dealkylation sites (N-methyl/N-ethyl adjacent to an activating group) is 1. The number of thiophene rings is 1. The molecule has 9 heteroatoms. The number of furan rings is 1. The molecule has 0 radical (unpaired) electrons. The van der Waals surface area contributed by atoms with Crippen LogP contribution in [0.1, 0.15) is 44.2 Å². The number of aryl methyl sites for hydroxylation is 1. The fraction of sp³-hybridized carbons (Fsp3) is 0.385. The molecule has 0 unspecified atom stereocenters. The number of rotatable bonds is 10. The average Bonchev–Trinajstić information content (AvgIpc) is 3.53. The van der Waals surface area contributed by atoms with E-state index in [-0.39, 0.29) is 17.6 Å². The summed E-state index contributed by atoms with van der Waals surface area (Å²) in [6.07, 6.45) is 3.57. The Morgan fingerprint density at radius 3 is 2.74 bits per heavy atom. The van der Waals surface area contributed by atoms with Gasteiger partial charge in [0.1, 0.15) is 12.4 Å². The molecule has 35 heavy (non-hydrogen) atoms. The van der Waals surface area contributed by atoms with Gasteiger partial charge in [-0.25, -0.2) is 0 Å². The molecule has 2 aromatic heterocycles. The maximum absolute atomic E-state index is 12.8. The Hall–Kier alpha value is -3.14. The summed E-state index contributed by atoms with van der Waals surface area (Å²) in [7, 11) is 2.13. The fourth-order valence-corrected chi connectivity index (χ4v) is 4.96. The van der Waals surface area contributed by atoms with E-state index < -0.39 is 0 Å². The second-order valence-electron chi connectivity index (χ2n) is 8.56. The van der Waals surface area contributed by atoms with Crippen molar-refractivity contribution in [3.63, 3.8) is 0 Å². The maximum Gasteiger partial charge on any atom is 0.291 e. The van der Waals surface area contributed by atoms with Gasteiger partial charge in [0.2, 0.25) is 0 Å². The van der Waals surface area contributed by atoms with Gasteiger partial charge in [-0.3, -0.25) is 14.5 Å². The standard InChI is InChI=1S/C26H31N3O5S/c1-18-15-23(28-25(30)22-7-4-11-34-22)35-24(18)26(31)27-17-19-5-3-6-21(16-19)33-14-10-29(2)20-8-12-32-13-9-20/h3-7,11,15-16,20H,8-10,12-14,17H2,1-2H3,(H,27,31)(H,28,30). The zero-order chi connectivity index (χ0) is 24.6. The highest BCUT2D eigenvalue weighted by molar-refractivity contribution is 7.18. The Morgan fingerprint density at radius 2 is 1.97 bits per heavy atom. The molecular formula is C26H31N3O5S. The highest BCUT2D eigenvalue weighted by atomic mass is 32.1. The van der Waals surface area contributed by atoms with Gasteiger partial charge in [0.05, 0.1) is 16.1 Å². The van der Waals surface area contributed by atoms with Crippen molar-refractivity contribution in [3.05, 3.63) is 70.5 Å². The van der Waals surface area contributed by atoms with E-state index >= 15 is 0 Å². The average molecular weight is 498 g/mol. The van der Waals surface area contributed by atoms with Crippen LogP contribution in [0.2, 0.25) is 0 Å². The van der Waals surface area contributed by atoms with Crippen molar-refractivity contribution in [1.82, 2.24) is 10.2 Å². The number of nitrogens with zero attached hydrogens (tertiary/aromatic N) is 1. The van der Waals surface area contributed by atoms with Gasteiger partial charge in [-0.2, -0.15) is 0 Å². The number of ether oxygens (including phenoxy) is 2. The second-order valence-corrected chi connectivity index (χ2v) is 9.61. The number of carbonyl (C=O) groups excluding carboxylic acids is 2. The number of amides is 2. The molecule has 3 aromatic rings. The first-order chi connectivity index (χ1) is 17.0. The van der Waals surface area contributed by atoms with E-state index in [1.54, 1.807) is 18.2 Å². The Bertz CT molecular complexity index is 1120. The molecule has 2 N–H and O–H groups in total. The van der Waals surface area contributed by atoms with Crippen molar-refractivity contribution >= 4 is 28.2 Å². The molecule has 1 fully saturated rings. The summed E-state index contributed by atoms with van der Waals surface area (Å²) in [5.74, 6) is 0.473. The van der Waals surface area contributed by atoms with Gasteiger partial charge in [-0.1, -0.05) is 12.1 Å². The fourth-order valence-electron chi connectivity index (χ4n) is 3.97. The lowest BCUT2D eigenvalue weighted by Crippen LogP contribution is -2.38. The molecule has 0 aliphatic carbocycles. The van der Waals surface area contributed by atoms with Crippen LogP contribution in [0.25, 0.3) is 0 Å². The summed E-state index contributed by atoms with van der Waals surface area (Å²) in [5, 5.41) is 6.32. The maximum atomic E-state index is 12.8. The minimum Gasteiger partial charge on any atom is -0.492 e. The van der Waals surface area contributed by atoms with Crippen molar-refractivity contribution in [3.8, 4) is 5.75 Å². The number of anilines is 1. The molecule has 2 amide bonds. The van der Waals surface area contributed by atoms with E-state index in [4.69, 9.17) is 13.9 Å². The summed E-state index contributed by atoms with van der Waals surface area (Å²) in [6, 6.07) is 13.3. The van der Waals surface area contributed by atoms with Crippen molar-refractivity contribution in [1.29, 1.82) is 0 Å². The van der Waals surface area contributed by atoms with Gasteiger partial charge >= 0.3 is 0 Å². The first-order valence-electron chi connectivity index (χ1n) is 11.7. The molecule has 0 saturated carbocycles.